The van der Waals surface area contributed by atoms with Gasteiger partial charge in [0.1, 0.15) is 18.3 Å². The summed E-state index contributed by atoms with van der Waals surface area (Å²) in [5.41, 5.74) is 1.86. The van der Waals surface area contributed by atoms with Gasteiger partial charge in [0.2, 0.25) is 11.8 Å². The normalized spacial score (nSPS) is 14.1. The molecule has 0 radical (unpaired) electrons. The molecule has 2 amide bonds. The second kappa shape index (κ2) is 16.5. The summed E-state index contributed by atoms with van der Waals surface area (Å²) in [6, 6.07) is 28.7. The lowest BCUT2D eigenvalue weighted by Gasteiger charge is -2.35. The van der Waals surface area contributed by atoms with E-state index in [1.165, 1.54) is 30.2 Å². The first kappa shape index (κ1) is 35.4. The molecule has 0 heterocycles. The molecule has 0 bridgehead atoms. The van der Waals surface area contributed by atoms with E-state index in [1.54, 1.807) is 30.3 Å². The van der Waals surface area contributed by atoms with E-state index in [2.05, 4.69) is 21.2 Å². The van der Waals surface area contributed by atoms with E-state index >= 15 is 0 Å². The van der Waals surface area contributed by atoms with Crippen molar-refractivity contribution in [3.05, 3.63) is 124 Å². The van der Waals surface area contributed by atoms with Gasteiger partial charge in [-0.3, -0.25) is 13.9 Å². The first-order chi connectivity index (χ1) is 23.2. The van der Waals surface area contributed by atoms with Crippen LogP contribution < -0.4 is 14.4 Å². The predicted octanol–water partition coefficient (Wildman–Crippen LogP) is 7.40. The summed E-state index contributed by atoms with van der Waals surface area (Å²) in [6.45, 7) is -0.483. The maximum Gasteiger partial charge on any atom is 0.264 e. The summed E-state index contributed by atoms with van der Waals surface area (Å²) in [6.07, 6.45) is 5.22. The summed E-state index contributed by atoms with van der Waals surface area (Å²) >= 11 is 9.94. The summed E-state index contributed by atoms with van der Waals surface area (Å²) in [4.78, 5) is 30.4. The maximum atomic E-state index is 14.7. The number of anilines is 1. The van der Waals surface area contributed by atoms with E-state index in [9.17, 15) is 18.0 Å². The van der Waals surface area contributed by atoms with Crippen LogP contribution in [0.4, 0.5) is 5.69 Å². The number of hydrogen-bond donors (Lipinski definition) is 1. The van der Waals surface area contributed by atoms with Gasteiger partial charge in [-0.05, 0) is 66.4 Å². The van der Waals surface area contributed by atoms with Crippen molar-refractivity contribution in [3.8, 4) is 5.75 Å². The average Bonchev–Trinajstić information content (AvgIpc) is 3.10. The summed E-state index contributed by atoms with van der Waals surface area (Å²) in [7, 11) is -2.78. The molecule has 0 saturated heterocycles. The molecule has 1 saturated carbocycles. The van der Waals surface area contributed by atoms with Crippen molar-refractivity contribution in [2.45, 2.75) is 62.0 Å². The Morgan fingerprint density at radius 1 is 0.896 bits per heavy atom. The molecule has 4 aromatic carbocycles. The fraction of sp³-hybridized carbons (Fsp3) is 0.297. The van der Waals surface area contributed by atoms with Crippen molar-refractivity contribution in [3.63, 3.8) is 0 Å². The number of carbonyl (C=O) groups excluding carboxylic acids is 2. The van der Waals surface area contributed by atoms with Crippen molar-refractivity contribution < 1.29 is 22.7 Å². The Hall–Kier alpha value is -3.86. The van der Waals surface area contributed by atoms with Crippen LogP contribution in [0.5, 0.6) is 5.75 Å². The smallest absolute Gasteiger partial charge is 0.264 e. The van der Waals surface area contributed by atoms with Gasteiger partial charge in [0.25, 0.3) is 10.0 Å². The summed E-state index contributed by atoms with van der Waals surface area (Å²) < 4.78 is 35.6. The third-order valence-electron chi connectivity index (χ3n) is 8.52. The van der Waals surface area contributed by atoms with Gasteiger partial charge in [-0.15, -0.1) is 0 Å². The van der Waals surface area contributed by atoms with E-state index in [0.29, 0.717) is 5.75 Å². The SMILES string of the molecule is COc1ccc(N(CC(=O)N(Cc2ccc(Br)cc2)[C@H](Cc2ccccc2)C(=O)NC2CCCCC2)S(=O)(=O)c2ccccc2)cc1Cl. The van der Waals surface area contributed by atoms with Gasteiger partial charge in [-0.25, -0.2) is 8.42 Å². The minimum Gasteiger partial charge on any atom is -0.495 e. The molecule has 1 aliphatic rings. The molecule has 8 nitrogen and oxygen atoms in total. The highest BCUT2D eigenvalue weighted by atomic mass is 79.9. The van der Waals surface area contributed by atoms with Crippen LogP contribution in [0, 0.1) is 0 Å². The molecule has 48 heavy (non-hydrogen) atoms. The molecule has 1 fully saturated rings. The van der Waals surface area contributed by atoms with E-state index in [1.807, 2.05) is 54.6 Å². The molecule has 1 atom stereocenters. The van der Waals surface area contributed by atoms with Crippen LogP contribution in [-0.2, 0) is 32.6 Å². The number of rotatable bonds is 13. The molecule has 0 aliphatic heterocycles. The van der Waals surface area contributed by atoms with Crippen LogP contribution in [0.25, 0.3) is 0 Å². The zero-order chi connectivity index (χ0) is 34.1. The highest BCUT2D eigenvalue weighted by Crippen LogP contribution is 2.32. The highest BCUT2D eigenvalue weighted by Gasteiger charge is 2.35. The zero-order valence-corrected chi connectivity index (χ0v) is 29.9. The Bertz CT molecular complexity index is 1790. The van der Waals surface area contributed by atoms with Gasteiger partial charge in [-0.2, -0.15) is 0 Å². The van der Waals surface area contributed by atoms with Crippen molar-refractivity contribution >= 4 is 55.1 Å². The number of nitrogens with zero attached hydrogens (tertiary/aromatic N) is 2. The molecular weight excluding hydrogens is 714 g/mol. The Morgan fingerprint density at radius 3 is 2.17 bits per heavy atom. The van der Waals surface area contributed by atoms with Crippen molar-refractivity contribution in [1.29, 1.82) is 0 Å². The third kappa shape index (κ3) is 8.98. The number of hydrogen-bond acceptors (Lipinski definition) is 5. The second-order valence-corrected chi connectivity index (χ2v) is 15.0. The summed E-state index contributed by atoms with van der Waals surface area (Å²) in [5, 5.41) is 3.42. The summed E-state index contributed by atoms with van der Waals surface area (Å²) in [5.74, 6) is -0.437. The Balaban J connectivity index is 1.57. The minimum absolute atomic E-state index is 0.0140. The maximum absolute atomic E-state index is 14.7. The van der Waals surface area contributed by atoms with Crippen LogP contribution in [0.3, 0.4) is 0 Å². The number of carbonyl (C=O) groups is 2. The van der Waals surface area contributed by atoms with Gasteiger partial charge >= 0.3 is 0 Å². The highest BCUT2D eigenvalue weighted by molar-refractivity contribution is 9.10. The van der Waals surface area contributed by atoms with Gasteiger partial charge in [0.15, 0.2) is 0 Å². The lowest BCUT2D eigenvalue weighted by atomic mass is 9.94. The quantitative estimate of drug-likeness (QED) is 0.154. The fourth-order valence-corrected chi connectivity index (χ4v) is 7.89. The topological polar surface area (TPSA) is 96.0 Å². The number of sulfonamides is 1. The minimum atomic E-state index is -4.25. The lowest BCUT2D eigenvalue weighted by Crippen LogP contribution is -2.55. The zero-order valence-electron chi connectivity index (χ0n) is 26.7. The standard InChI is InChI=1S/C37H39BrClN3O5S/c1-47-35-22-21-31(24-33(35)39)42(48(45,46)32-15-9-4-10-16-32)26-36(43)41(25-28-17-19-29(38)20-18-28)34(23-27-11-5-2-6-12-27)37(44)40-30-13-7-3-8-14-30/h2,4-6,9-12,15-22,24,30,34H,3,7-8,13-14,23,25-26H2,1H3,(H,40,44)/t34-/m1/s1. The van der Waals surface area contributed by atoms with Crippen LogP contribution >= 0.6 is 27.5 Å². The van der Waals surface area contributed by atoms with Gasteiger partial charge in [0, 0.05) is 23.5 Å². The van der Waals surface area contributed by atoms with Crippen molar-refractivity contribution in [2.75, 3.05) is 18.0 Å². The average molecular weight is 753 g/mol. The first-order valence-electron chi connectivity index (χ1n) is 16.0. The number of amides is 2. The molecule has 4 aromatic rings. The predicted molar refractivity (Wildman–Crippen MR) is 193 cm³/mol. The van der Waals surface area contributed by atoms with E-state index in [0.717, 1.165) is 52.0 Å². The van der Waals surface area contributed by atoms with Crippen molar-refractivity contribution in [2.24, 2.45) is 0 Å². The van der Waals surface area contributed by atoms with Crippen LogP contribution in [0.1, 0.15) is 43.2 Å². The van der Waals surface area contributed by atoms with E-state index in [-0.39, 0.29) is 40.5 Å². The molecule has 0 spiro atoms. The second-order valence-electron chi connectivity index (χ2n) is 11.8. The molecule has 1 aliphatic carbocycles. The van der Waals surface area contributed by atoms with Crippen molar-refractivity contribution in [1.82, 2.24) is 10.2 Å². The van der Waals surface area contributed by atoms with Gasteiger partial charge in [-0.1, -0.05) is 107 Å². The van der Waals surface area contributed by atoms with Gasteiger partial charge in [0.05, 0.1) is 22.7 Å². The Morgan fingerprint density at radius 2 is 1.54 bits per heavy atom. The van der Waals surface area contributed by atoms with E-state index in [4.69, 9.17) is 16.3 Å². The molecule has 11 heteroatoms. The molecule has 0 unspecified atom stereocenters. The molecule has 252 valence electrons. The number of methoxy groups -OCH3 is 1. The van der Waals surface area contributed by atoms with E-state index < -0.39 is 28.5 Å². The largest absolute Gasteiger partial charge is 0.495 e. The number of nitrogens with one attached hydrogen (secondary N) is 1. The lowest BCUT2D eigenvalue weighted by molar-refractivity contribution is -0.140. The third-order valence-corrected chi connectivity index (χ3v) is 11.1. The van der Waals surface area contributed by atoms with Gasteiger partial charge < -0.3 is 15.0 Å². The first-order valence-corrected chi connectivity index (χ1v) is 18.6. The number of ether oxygens (including phenoxy) is 1. The molecule has 5 rings (SSSR count). The monoisotopic (exact) mass is 751 g/mol. The Kier molecular flexibility index (Phi) is 12.2. The Labute approximate surface area is 296 Å². The van der Waals surface area contributed by atoms with Crippen LogP contribution in [-0.4, -0.2) is 50.9 Å². The fourth-order valence-electron chi connectivity index (χ4n) is 5.94. The molecule has 0 aromatic heterocycles. The number of benzene rings is 4. The number of halogens is 2. The van der Waals surface area contributed by atoms with Crippen LogP contribution in [0.2, 0.25) is 5.02 Å². The molecule has 1 N–H and O–H groups in total. The molecular formula is C37H39BrClN3O5S. The van der Waals surface area contributed by atoms with Crippen LogP contribution in [0.15, 0.2) is 112 Å².